The summed E-state index contributed by atoms with van der Waals surface area (Å²) in [5, 5.41) is 0. The van der Waals surface area contributed by atoms with Gasteiger partial charge >= 0.3 is 6.18 Å². The highest BCUT2D eigenvalue weighted by Gasteiger charge is 2.28. The molecule has 0 N–H and O–H groups in total. The van der Waals surface area contributed by atoms with Crippen LogP contribution in [-0.4, -0.2) is 22.8 Å². The molecule has 1 heterocycles. The highest BCUT2D eigenvalue weighted by Crippen LogP contribution is 2.18. The number of aromatic nitrogens is 2. The van der Waals surface area contributed by atoms with E-state index < -0.39 is 12.8 Å². The standard InChI is InChI=1S/C9H11F3N2O/c1-6(2)7-3-13-4-8(14-7)15-5-9(10,11)12/h3-4,6H,5H2,1-2H3. The lowest BCUT2D eigenvalue weighted by Crippen LogP contribution is -2.19. The van der Waals surface area contributed by atoms with Crippen LogP contribution in [0, 0.1) is 0 Å². The minimum Gasteiger partial charge on any atom is -0.467 e. The predicted octanol–water partition coefficient (Wildman–Crippen LogP) is 2.54. The van der Waals surface area contributed by atoms with Crippen molar-refractivity contribution >= 4 is 0 Å². The van der Waals surface area contributed by atoms with Crippen molar-refractivity contribution in [3.05, 3.63) is 18.1 Å². The second-order valence-corrected chi connectivity index (χ2v) is 3.34. The third kappa shape index (κ3) is 4.14. The lowest BCUT2D eigenvalue weighted by atomic mass is 10.1. The average molecular weight is 220 g/mol. The van der Waals surface area contributed by atoms with Crippen molar-refractivity contribution in [3.63, 3.8) is 0 Å². The number of ether oxygens (including phenoxy) is 1. The van der Waals surface area contributed by atoms with Crippen molar-refractivity contribution in [2.45, 2.75) is 25.9 Å². The summed E-state index contributed by atoms with van der Waals surface area (Å²) >= 11 is 0. The van der Waals surface area contributed by atoms with Gasteiger partial charge in [-0.25, -0.2) is 4.98 Å². The van der Waals surface area contributed by atoms with Gasteiger partial charge in [-0.2, -0.15) is 13.2 Å². The molecule has 3 nitrogen and oxygen atoms in total. The number of nitrogens with zero attached hydrogens (tertiary/aromatic N) is 2. The van der Waals surface area contributed by atoms with Gasteiger partial charge in [0.15, 0.2) is 6.61 Å². The highest BCUT2D eigenvalue weighted by molar-refractivity contribution is 5.10. The van der Waals surface area contributed by atoms with Crippen LogP contribution in [0.5, 0.6) is 5.88 Å². The predicted molar refractivity (Wildman–Crippen MR) is 47.7 cm³/mol. The van der Waals surface area contributed by atoms with E-state index in [4.69, 9.17) is 0 Å². The van der Waals surface area contributed by atoms with Crippen molar-refractivity contribution in [1.29, 1.82) is 0 Å². The molecule has 0 saturated heterocycles. The molecule has 1 aromatic rings. The number of hydrogen-bond acceptors (Lipinski definition) is 3. The number of halogens is 3. The van der Waals surface area contributed by atoms with Gasteiger partial charge in [-0.05, 0) is 5.92 Å². The van der Waals surface area contributed by atoms with Crippen molar-refractivity contribution in [2.24, 2.45) is 0 Å². The minimum absolute atomic E-state index is 0.0986. The van der Waals surface area contributed by atoms with E-state index in [0.29, 0.717) is 5.69 Å². The van der Waals surface area contributed by atoms with Crippen molar-refractivity contribution in [2.75, 3.05) is 6.61 Å². The van der Waals surface area contributed by atoms with Gasteiger partial charge in [0, 0.05) is 6.20 Å². The Morgan fingerprint density at radius 2 is 2.00 bits per heavy atom. The van der Waals surface area contributed by atoms with Crippen molar-refractivity contribution in [1.82, 2.24) is 9.97 Å². The zero-order valence-electron chi connectivity index (χ0n) is 8.38. The zero-order valence-corrected chi connectivity index (χ0v) is 8.38. The van der Waals surface area contributed by atoms with Crippen LogP contribution >= 0.6 is 0 Å². The SMILES string of the molecule is CC(C)c1cncc(OCC(F)(F)F)n1. The molecule has 0 aliphatic carbocycles. The third-order valence-electron chi connectivity index (χ3n) is 1.61. The Morgan fingerprint density at radius 3 is 2.53 bits per heavy atom. The maximum absolute atomic E-state index is 11.8. The first kappa shape index (κ1) is 11.7. The average Bonchev–Trinajstić information content (AvgIpc) is 2.14. The third-order valence-corrected chi connectivity index (χ3v) is 1.61. The van der Waals surface area contributed by atoms with Gasteiger partial charge in [-0.3, -0.25) is 4.98 Å². The smallest absolute Gasteiger partial charge is 0.422 e. The van der Waals surface area contributed by atoms with Crippen LogP contribution < -0.4 is 4.74 Å². The number of rotatable bonds is 3. The van der Waals surface area contributed by atoms with Crippen LogP contribution in [0.15, 0.2) is 12.4 Å². The molecule has 15 heavy (non-hydrogen) atoms. The first-order valence-corrected chi connectivity index (χ1v) is 4.40. The molecule has 0 unspecified atom stereocenters. The Kier molecular flexibility index (Phi) is 3.49. The van der Waals surface area contributed by atoms with Crippen LogP contribution in [0.25, 0.3) is 0 Å². The lowest BCUT2D eigenvalue weighted by Gasteiger charge is -2.09. The Balaban J connectivity index is 2.66. The van der Waals surface area contributed by atoms with E-state index in [9.17, 15) is 13.2 Å². The van der Waals surface area contributed by atoms with E-state index in [1.807, 2.05) is 13.8 Å². The van der Waals surface area contributed by atoms with Crippen LogP contribution in [0.1, 0.15) is 25.5 Å². The van der Waals surface area contributed by atoms with Crippen LogP contribution in [0.3, 0.4) is 0 Å². The number of alkyl halides is 3. The summed E-state index contributed by atoms with van der Waals surface area (Å²) in [6, 6.07) is 0. The summed E-state index contributed by atoms with van der Waals surface area (Å²) in [7, 11) is 0. The minimum atomic E-state index is -4.35. The molecule has 0 amide bonds. The fourth-order valence-electron chi connectivity index (χ4n) is 0.866. The molecule has 0 atom stereocenters. The molecule has 0 spiro atoms. The molecule has 1 rings (SSSR count). The summed E-state index contributed by atoms with van der Waals surface area (Å²) in [4.78, 5) is 7.64. The van der Waals surface area contributed by atoms with Gasteiger partial charge in [0.25, 0.3) is 0 Å². The molecular formula is C9H11F3N2O. The molecule has 0 aliphatic rings. The largest absolute Gasteiger partial charge is 0.467 e. The lowest BCUT2D eigenvalue weighted by molar-refractivity contribution is -0.154. The molecule has 0 saturated carbocycles. The quantitative estimate of drug-likeness (QED) is 0.785. The Morgan fingerprint density at radius 1 is 1.33 bits per heavy atom. The number of hydrogen-bond donors (Lipinski definition) is 0. The van der Waals surface area contributed by atoms with Gasteiger partial charge in [0.2, 0.25) is 5.88 Å². The topological polar surface area (TPSA) is 35.0 Å². The Hall–Kier alpha value is -1.33. The summed E-state index contributed by atoms with van der Waals surface area (Å²) in [6.45, 7) is 2.40. The molecule has 6 heteroatoms. The maximum atomic E-state index is 11.8. The monoisotopic (exact) mass is 220 g/mol. The molecule has 0 fully saturated rings. The summed E-state index contributed by atoms with van der Waals surface area (Å²) in [6.07, 6.45) is -1.68. The first-order valence-electron chi connectivity index (χ1n) is 4.40. The summed E-state index contributed by atoms with van der Waals surface area (Å²) < 4.78 is 39.9. The van der Waals surface area contributed by atoms with Gasteiger partial charge < -0.3 is 4.74 Å². The van der Waals surface area contributed by atoms with E-state index in [-0.39, 0.29) is 11.8 Å². The normalized spacial score (nSPS) is 11.9. The van der Waals surface area contributed by atoms with Crippen molar-refractivity contribution < 1.29 is 17.9 Å². The molecule has 0 aromatic carbocycles. The molecule has 0 bridgehead atoms. The van der Waals surface area contributed by atoms with Gasteiger partial charge in [0.1, 0.15) is 0 Å². The van der Waals surface area contributed by atoms with Crippen LogP contribution in [0.2, 0.25) is 0 Å². The van der Waals surface area contributed by atoms with E-state index in [2.05, 4.69) is 14.7 Å². The Labute approximate surface area is 85.3 Å². The fourth-order valence-corrected chi connectivity index (χ4v) is 0.866. The van der Waals surface area contributed by atoms with E-state index in [1.165, 1.54) is 6.20 Å². The molecule has 0 aliphatic heterocycles. The van der Waals surface area contributed by atoms with Gasteiger partial charge in [-0.1, -0.05) is 13.8 Å². The van der Waals surface area contributed by atoms with Crippen molar-refractivity contribution in [3.8, 4) is 5.88 Å². The zero-order chi connectivity index (χ0) is 11.5. The van der Waals surface area contributed by atoms with E-state index in [1.54, 1.807) is 0 Å². The molecular weight excluding hydrogens is 209 g/mol. The van der Waals surface area contributed by atoms with Crippen LogP contribution in [-0.2, 0) is 0 Å². The highest BCUT2D eigenvalue weighted by atomic mass is 19.4. The molecule has 84 valence electrons. The second kappa shape index (κ2) is 4.46. The van der Waals surface area contributed by atoms with E-state index >= 15 is 0 Å². The first-order chi connectivity index (χ1) is 6.88. The van der Waals surface area contributed by atoms with Crippen LogP contribution in [0.4, 0.5) is 13.2 Å². The molecule has 0 radical (unpaired) electrons. The summed E-state index contributed by atoms with van der Waals surface area (Å²) in [5.41, 5.74) is 0.606. The second-order valence-electron chi connectivity index (χ2n) is 3.34. The van der Waals surface area contributed by atoms with Gasteiger partial charge in [0.05, 0.1) is 11.9 Å². The Bertz CT molecular complexity index is 325. The van der Waals surface area contributed by atoms with Gasteiger partial charge in [-0.15, -0.1) is 0 Å². The fraction of sp³-hybridized carbons (Fsp3) is 0.556. The van der Waals surface area contributed by atoms with E-state index in [0.717, 1.165) is 6.20 Å². The molecule has 1 aromatic heterocycles. The summed E-state index contributed by atoms with van der Waals surface area (Å²) in [5.74, 6) is 0.00506. The maximum Gasteiger partial charge on any atom is 0.422 e.